The molecule has 0 fully saturated rings. The summed E-state index contributed by atoms with van der Waals surface area (Å²) in [6, 6.07) is 12.3. The number of nitrogens with zero attached hydrogens (tertiary/aromatic N) is 1. The summed E-state index contributed by atoms with van der Waals surface area (Å²) in [6.45, 7) is 0.0499. The van der Waals surface area contributed by atoms with Crippen molar-refractivity contribution < 1.29 is 19.1 Å². The molecular weight excluding hydrogens is 322 g/mol. The molecule has 0 aromatic heterocycles. The van der Waals surface area contributed by atoms with Crippen LogP contribution in [-0.4, -0.2) is 39.2 Å². The summed E-state index contributed by atoms with van der Waals surface area (Å²) < 4.78 is 10.5. The van der Waals surface area contributed by atoms with E-state index in [1.807, 2.05) is 25.1 Å². The van der Waals surface area contributed by atoms with E-state index in [-0.39, 0.29) is 25.2 Å². The van der Waals surface area contributed by atoms with Gasteiger partial charge in [-0.05, 0) is 30.3 Å². The van der Waals surface area contributed by atoms with Crippen LogP contribution >= 0.6 is 0 Å². The first-order valence-corrected chi connectivity index (χ1v) is 7.78. The van der Waals surface area contributed by atoms with Crippen LogP contribution < -0.4 is 25.0 Å². The Balaban J connectivity index is 1.55. The lowest BCUT2D eigenvalue weighted by atomic mass is 10.2. The van der Waals surface area contributed by atoms with Gasteiger partial charge in [-0.3, -0.25) is 9.59 Å². The molecule has 2 amide bonds. The van der Waals surface area contributed by atoms with Crippen molar-refractivity contribution in [1.82, 2.24) is 5.32 Å². The summed E-state index contributed by atoms with van der Waals surface area (Å²) >= 11 is 0. The minimum Gasteiger partial charge on any atom is -0.454 e. The molecule has 2 aromatic carbocycles. The topological polar surface area (TPSA) is 79.9 Å². The predicted molar refractivity (Wildman–Crippen MR) is 94.3 cm³/mol. The Bertz CT molecular complexity index is 805. The van der Waals surface area contributed by atoms with Crippen molar-refractivity contribution in [2.75, 3.05) is 37.6 Å². The number of ether oxygens (including phenoxy) is 2. The molecule has 1 aliphatic rings. The van der Waals surface area contributed by atoms with Gasteiger partial charge in [-0.1, -0.05) is 6.07 Å². The number of nitrogens with one attached hydrogen (secondary N) is 2. The Morgan fingerprint density at radius 2 is 1.88 bits per heavy atom. The van der Waals surface area contributed by atoms with E-state index in [4.69, 9.17) is 9.47 Å². The summed E-state index contributed by atoms with van der Waals surface area (Å²) in [6.07, 6.45) is 0. The quantitative estimate of drug-likeness (QED) is 0.868. The molecule has 0 atom stereocenters. The molecule has 130 valence electrons. The number of benzene rings is 2. The maximum atomic E-state index is 12.2. The maximum absolute atomic E-state index is 12.2. The third kappa shape index (κ3) is 4.00. The summed E-state index contributed by atoms with van der Waals surface area (Å²) in [5, 5.41) is 5.32. The molecular formula is C18H19N3O4. The minimum atomic E-state index is -0.323. The Hall–Kier alpha value is -3.22. The number of carbonyl (C=O) groups excluding carboxylic acids is 2. The van der Waals surface area contributed by atoms with Crippen LogP contribution in [0.15, 0.2) is 42.5 Å². The summed E-state index contributed by atoms with van der Waals surface area (Å²) in [5.41, 5.74) is 2.00. The van der Waals surface area contributed by atoms with E-state index in [9.17, 15) is 9.59 Å². The van der Waals surface area contributed by atoms with E-state index in [0.29, 0.717) is 22.7 Å². The van der Waals surface area contributed by atoms with Gasteiger partial charge in [-0.25, -0.2) is 0 Å². The normalized spacial score (nSPS) is 11.8. The zero-order valence-corrected chi connectivity index (χ0v) is 14.0. The van der Waals surface area contributed by atoms with Crippen molar-refractivity contribution in [3.05, 3.63) is 48.0 Å². The van der Waals surface area contributed by atoms with Gasteiger partial charge in [-0.15, -0.1) is 0 Å². The lowest BCUT2D eigenvalue weighted by Gasteiger charge is -2.13. The predicted octanol–water partition coefficient (Wildman–Crippen LogP) is 1.85. The third-order valence-electron chi connectivity index (χ3n) is 3.69. The van der Waals surface area contributed by atoms with Crippen molar-refractivity contribution in [1.29, 1.82) is 0 Å². The fourth-order valence-electron chi connectivity index (χ4n) is 2.37. The molecule has 1 aliphatic heterocycles. The second-order valence-electron chi connectivity index (χ2n) is 5.74. The molecule has 7 nitrogen and oxygen atoms in total. The number of carbonyl (C=O) groups is 2. The van der Waals surface area contributed by atoms with E-state index >= 15 is 0 Å². The Kier molecular flexibility index (Phi) is 4.74. The molecule has 0 bridgehead atoms. The Morgan fingerprint density at radius 3 is 2.68 bits per heavy atom. The fourth-order valence-corrected chi connectivity index (χ4v) is 2.37. The average molecular weight is 341 g/mol. The van der Waals surface area contributed by atoms with Gasteiger partial charge in [-0.2, -0.15) is 0 Å². The lowest BCUT2D eigenvalue weighted by molar-refractivity contribution is -0.115. The lowest BCUT2D eigenvalue weighted by Crippen LogP contribution is -2.32. The summed E-state index contributed by atoms with van der Waals surface area (Å²) in [4.78, 5) is 26.1. The van der Waals surface area contributed by atoms with Gasteiger partial charge in [0, 0.05) is 37.1 Å². The highest BCUT2D eigenvalue weighted by Gasteiger charge is 2.14. The van der Waals surface area contributed by atoms with E-state index in [0.717, 1.165) is 5.69 Å². The van der Waals surface area contributed by atoms with Gasteiger partial charge in [0.15, 0.2) is 11.5 Å². The Morgan fingerprint density at radius 1 is 1.08 bits per heavy atom. The highest BCUT2D eigenvalue weighted by atomic mass is 16.7. The van der Waals surface area contributed by atoms with Crippen molar-refractivity contribution in [2.45, 2.75) is 0 Å². The van der Waals surface area contributed by atoms with Crippen LogP contribution in [0.5, 0.6) is 11.5 Å². The number of hydrogen-bond acceptors (Lipinski definition) is 5. The standard InChI is InChI=1S/C18H19N3O4/c1-21(2)14-5-3-4-12(8-14)18(23)19-10-17(22)20-13-6-7-15-16(9-13)25-11-24-15/h3-9H,10-11H2,1-2H3,(H,19,23)(H,20,22). The molecule has 1 heterocycles. The second kappa shape index (κ2) is 7.12. The molecule has 2 aromatic rings. The van der Waals surface area contributed by atoms with Crippen LogP contribution in [0, 0.1) is 0 Å². The van der Waals surface area contributed by atoms with E-state index in [2.05, 4.69) is 10.6 Å². The highest BCUT2D eigenvalue weighted by molar-refractivity contribution is 5.99. The fraction of sp³-hybridized carbons (Fsp3) is 0.222. The molecule has 3 rings (SSSR count). The molecule has 0 aliphatic carbocycles. The van der Waals surface area contributed by atoms with Crippen molar-refractivity contribution in [3.8, 4) is 11.5 Å². The number of hydrogen-bond donors (Lipinski definition) is 2. The third-order valence-corrected chi connectivity index (χ3v) is 3.69. The van der Waals surface area contributed by atoms with Crippen molar-refractivity contribution >= 4 is 23.2 Å². The van der Waals surface area contributed by atoms with Crippen LogP contribution in [-0.2, 0) is 4.79 Å². The smallest absolute Gasteiger partial charge is 0.251 e. The van der Waals surface area contributed by atoms with Crippen LogP contribution in [0.25, 0.3) is 0 Å². The zero-order valence-electron chi connectivity index (χ0n) is 14.0. The molecule has 0 radical (unpaired) electrons. The summed E-state index contributed by atoms with van der Waals surface area (Å²) in [5.74, 6) is 0.606. The van der Waals surface area contributed by atoms with Crippen LogP contribution in [0.3, 0.4) is 0 Å². The first kappa shape index (κ1) is 16.6. The van der Waals surface area contributed by atoms with Gasteiger partial charge in [0.05, 0.1) is 6.54 Å². The first-order valence-electron chi connectivity index (χ1n) is 7.78. The molecule has 7 heteroatoms. The monoisotopic (exact) mass is 341 g/mol. The zero-order chi connectivity index (χ0) is 17.8. The van der Waals surface area contributed by atoms with Crippen molar-refractivity contribution in [2.24, 2.45) is 0 Å². The molecule has 25 heavy (non-hydrogen) atoms. The van der Waals surface area contributed by atoms with Crippen LogP contribution in [0.1, 0.15) is 10.4 Å². The largest absolute Gasteiger partial charge is 0.454 e. The molecule has 0 saturated heterocycles. The van der Waals surface area contributed by atoms with Gasteiger partial charge in [0.1, 0.15) is 0 Å². The highest BCUT2D eigenvalue weighted by Crippen LogP contribution is 2.34. The molecule has 0 spiro atoms. The van der Waals surface area contributed by atoms with Gasteiger partial charge in [0.2, 0.25) is 12.7 Å². The second-order valence-corrected chi connectivity index (χ2v) is 5.74. The molecule has 0 saturated carbocycles. The SMILES string of the molecule is CN(C)c1cccc(C(=O)NCC(=O)Nc2ccc3c(c2)OCO3)c1. The summed E-state index contributed by atoms with van der Waals surface area (Å²) in [7, 11) is 3.80. The molecule has 2 N–H and O–H groups in total. The van der Waals surface area contributed by atoms with Crippen LogP contribution in [0.4, 0.5) is 11.4 Å². The van der Waals surface area contributed by atoms with Gasteiger partial charge < -0.3 is 25.0 Å². The van der Waals surface area contributed by atoms with Gasteiger partial charge in [0.25, 0.3) is 5.91 Å². The number of amides is 2. The van der Waals surface area contributed by atoms with E-state index in [1.54, 1.807) is 36.4 Å². The Labute approximate surface area is 145 Å². The van der Waals surface area contributed by atoms with E-state index in [1.165, 1.54) is 0 Å². The first-order chi connectivity index (χ1) is 12.0. The van der Waals surface area contributed by atoms with Gasteiger partial charge >= 0.3 is 0 Å². The minimum absolute atomic E-state index is 0.126. The van der Waals surface area contributed by atoms with E-state index < -0.39 is 0 Å². The number of anilines is 2. The van der Waals surface area contributed by atoms with Crippen LogP contribution in [0.2, 0.25) is 0 Å². The molecule has 0 unspecified atom stereocenters. The maximum Gasteiger partial charge on any atom is 0.251 e. The number of rotatable bonds is 5. The van der Waals surface area contributed by atoms with Crippen molar-refractivity contribution in [3.63, 3.8) is 0 Å². The number of fused-ring (bicyclic) bond motifs is 1. The average Bonchev–Trinajstić information content (AvgIpc) is 3.07.